The molecule has 0 aliphatic carbocycles. The maximum Gasteiger partial charge on any atom is 0.109 e. The van der Waals surface area contributed by atoms with Crippen LogP contribution in [0, 0.1) is 0 Å². The molecular formula is C8H16O3. The Morgan fingerprint density at radius 1 is 1.27 bits per heavy atom. The van der Waals surface area contributed by atoms with E-state index in [0.717, 1.165) is 13.0 Å². The van der Waals surface area contributed by atoms with Gasteiger partial charge in [0.15, 0.2) is 0 Å². The Morgan fingerprint density at radius 2 is 2.00 bits per heavy atom. The number of ether oxygens (including phenoxy) is 3. The molecule has 11 heavy (non-hydrogen) atoms. The predicted octanol–water partition coefficient (Wildman–Crippen LogP) is 0.825. The van der Waals surface area contributed by atoms with Crippen LogP contribution in [0.15, 0.2) is 0 Å². The van der Waals surface area contributed by atoms with Crippen LogP contribution in [-0.4, -0.2) is 39.1 Å². The van der Waals surface area contributed by atoms with Crippen LogP contribution < -0.4 is 0 Å². The van der Waals surface area contributed by atoms with Crippen LogP contribution in [0.1, 0.15) is 13.3 Å². The molecule has 0 radical (unpaired) electrons. The third kappa shape index (κ3) is 1.92. The van der Waals surface area contributed by atoms with E-state index in [1.807, 2.05) is 6.92 Å². The summed E-state index contributed by atoms with van der Waals surface area (Å²) in [5, 5.41) is 0. The monoisotopic (exact) mass is 160 g/mol. The minimum absolute atomic E-state index is 0.0914. The highest BCUT2D eigenvalue weighted by molar-refractivity contribution is 4.80. The molecule has 3 nitrogen and oxygen atoms in total. The highest BCUT2D eigenvalue weighted by Gasteiger charge is 2.31. The van der Waals surface area contributed by atoms with E-state index in [-0.39, 0.29) is 18.3 Å². The zero-order valence-corrected chi connectivity index (χ0v) is 7.37. The summed E-state index contributed by atoms with van der Waals surface area (Å²) in [6.45, 7) is 2.79. The summed E-state index contributed by atoms with van der Waals surface area (Å²) in [4.78, 5) is 0. The van der Waals surface area contributed by atoms with Crippen LogP contribution in [-0.2, 0) is 14.2 Å². The fourth-order valence-electron chi connectivity index (χ4n) is 1.53. The third-order valence-electron chi connectivity index (χ3n) is 2.19. The van der Waals surface area contributed by atoms with Gasteiger partial charge in [-0.15, -0.1) is 0 Å². The van der Waals surface area contributed by atoms with Crippen LogP contribution in [0.2, 0.25) is 0 Å². The lowest BCUT2D eigenvalue weighted by atomic mass is 10.0. The summed E-state index contributed by atoms with van der Waals surface area (Å²) in [6, 6.07) is 0. The molecule has 0 aromatic heterocycles. The normalized spacial score (nSPS) is 39.0. The molecule has 0 N–H and O–H groups in total. The van der Waals surface area contributed by atoms with Gasteiger partial charge in [-0.3, -0.25) is 0 Å². The molecule has 3 atom stereocenters. The molecule has 2 unspecified atom stereocenters. The fraction of sp³-hybridized carbons (Fsp3) is 1.00. The van der Waals surface area contributed by atoms with Gasteiger partial charge < -0.3 is 14.2 Å². The quantitative estimate of drug-likeness (QED) is 0.598. The number of hydrogen-bond donors (Lipinski definition) is 0. The predicted molar refractivity (Wildman–Crippen MR) is 41.6 cm³/mol. The maximum absolute atomic E-state index is 5.41. The molecule has 1 fully saturated rings. The highest BCUT2D eigenvalue weighted by Crippen LogP contribution is 2.18. The first-order valence-corrected chi connectivity index (χ1v) is 3.96. The van der Waals surface area contributed by atoms with Gasteiger partial charge >= 0.3 is 0 Å². The van der Waals surface area contributed by atoms with E-state index in [1.54, 1.807) is 14.2 Å². The van der Waals surface area contributed by atoms with Crippen LogP contribution in [0.5, 0.6) is 0 Å². The topological polar surface area (TPSA) is 27.7 Å². The summed E-state index contributed by atoms with van der Waals surface area (Å²) in [6.07, 6.45) is 1.37. The summed E-state index contributed by atoms with van der Waals surface area (Å²) in [5.74, 6) is 0. The van der Waals surface area contributed by atoms with E-state index in [2.05, 4.69) is 0 Å². The van der Waals surface area contributed by atoms with Crippen molar-refractivity contribution < 1.29 is 14.2 Å². The second-order valence-electron chi connectivity index (χ2n) is 2.84. The van der Waals surface area contributed by atoms with Crippen molar-refractivity contribution in [1.29, 1.82) is 0 Å². The molecule has 1 saturated heterocycles. The Kier molecular flexibility index (Phi) is 3.30. The van der Waals surface area contributed by atoms with E-state index < -0.39 is 0 Å². The largest absolute Gasteiger partial charge is 0.379 e. The van der Waals surface area contributed by atoms with Crippen molar-refractivity contribution in [2.45, 2.75) is 31.7 Å². The zero-order valence-electron chi connectivity index (χ0n) is 7.37. The second kappa shape index (κ2) is 4.04. The molecule has 0 spiro atoms. The summed E-state index contributed by atoms with van der Waals surface area (Å²) in [7, 11) is 3.41. The molecule has 0 saturated carbocycles. The second-order valence-corrected chi connectivity index (χ2v) is 2.84. The lowest BCUT2D eigenvalue weighted by molar-refractivity contribution is -0.151. The zero-order chi connectivity index (χ0) is 8.27. The van der Waals surface area contributed by atoms with Gasteiger partial charge in [-0.1, -0.05) is 0 Å². The van der Waals surface area contributed by atoms with Gasteiger partial charge in [0.1, 0.15) is 6.10 Å². The third-order valence-corrected chi connectivity index (χ3v) is 2.19. The molecule has 0 amide bonds. The molecule has 66 valence electrons. The van der Waals surface area contributed by atoms with Crippen molar-refractivity contribution in [3.05, 3.63) is 0 Å². The molecular weight excluding hydrogens is 144 g/mol. The summed E-state index contributed by atoms with van der Waals surface area (Å²) in [5.41, 5.74) is 0. The van der Waals surface area contributed by atoms with E-state index in [1.165, 1.54) is 0 Å². The molecule has 1 heterocycles. The van der Waals surface area contributed by atoms with E-state index >= 15 is 0 Å². The van der Waals surface area contributed by atoms with E-state index in [0.29, 0.717) is 0 Å². The SMILES string of the molecule is COC1CCOC(C)[C@@H]1OC. The van der Waals surface area contributed by atoms with Crippen LogP contribution in [0.25, 0.3) is 0 Å². The van der Waals surface area contributed by atoms with Gasteiger partial charge in [-0.25, -0.2) is 0 Å². The van der Waals surface area contributed by atoms with E-state index in [9.17, 15) is 0 Å². The minimum Gasteiger partial charge on any atom is -0.379 e. The smallest absolute Gasteiger partial charge is 0.109 e. The molecule has 0 bridgehead atoms. The van der Waals surface area contributed by atoms with Crippen molar-refractivity contribution in [2.75, 3.05) is 20.8 Å². The van der Waals surface area contributed by atoms with Crippen molar-refractivity contribution in [3.63, 3.8) is 0 Å². The van der Waals surface area contributed by atoms with Gasteiger partial charge in [0.2, 0.25) is 0 Å². The van der Waals surface area contributed by atoms with Gasteiger partial charge in [0, 0.05) is 20.8 Å². The summed E-state index contributed by atoms with van der Waals surface area (Å²) < 4.78 is 15.9. The van der Waals surface area contributed by atoms with E-state index in [4.69, 9.17) is 14.2 Å². The fourth-order valence-corrected chi connectivity index (χ4v) is 1.53. The van der Waals surface area contributed by atoms with Crippen molar-refractivity contribution in [2.24, 2.45) is 0 Å². The minimum atomic E-state index is 0.0914. The first-order chi connectivity index (χ1) is 5.29. The Morgan fingerprint density at radius 3 is 2.45 bits per heavy atom. The van der Waals surface area contributed by atoms with Crippen LogP contribution in [0.3, 0.4) is 0 Å². The average Bonchev–Trinajstić information content (AvgIpc) is 2.04. The average molecular weight is 160 g/mol. The number of methoxy groups -OCH3 is 2. The Hall–Kier alpha value is -0.120. The first-order valence-electron chi connectivity index (χ1n) is 3.96. The van der Waals surface area contributed by atoms with Crippen molar-refractivity contribution in [3.8, 4) is 0 Å². The Labute approximate surface area is 67.6 Å². The lowest BCUT2D eigenvalue weighted by Crippen LogP contribution is -2.45. The number of hydrogen-bond acceptors (Lipinski definition) is 3. The molecule has 1 aliphatic rings. The van der Waals surface area contributed by atoms with Crippen LogP contribution in [0.4, 0.5) is 0 Å². The van der Waals surface area contributed by atoms with Gasteiger partial charge in [0.25, 0.3) is 0 Å². The van der Waals surface area contributed by atoms with Gasteiger partial charge in [-0.05, 0) is 13.3 Å². The first kappa shape index (κ1) is 8.97. The van der Waals surface area contributed by atoms with Gasteiger partial charge in [0.05, 0.1) is 12.2 Å². The molecule has 1 rings (SSSR count). The Balaban J connectivity index is 2.48. The van der Waals surface area contributed by atoms with Crippen LogP contribution >= 0.6 is 0 Å². The molecule has 3 heteroatoms. The summed E-state index contributed by atoms with van der Waals surface area (Å²) >= 11 is 0. The molecule has 0 aromatic carbocycles. The van der Waals surface area contributed by atoms with Crippen molar-refractivity contribution >= 4 is 0 Å². The number of rotatable bonds is 2. The molecule has 1 aliphatic heterocycles. The lowest BCUT2D eigenvalue weighted by Gasteiger charge is -2.34. The standard InChI is InChI=1S/C8H16O3/c1-6-8(10-3)7(9-2)4-5-11-6/h6-8H,4-5H2,1-3H3/t6?,7?,8-/m0/s1. The van der Waals surface area contributed by atoms with Crippen molar-refractivity contribution in [1.82, 2.24) is 0 Å². The maximum atomic E-state index is 5.41. The van der Waals surface area contributed by atoms with Gasteiger partial charge in [-0.2, -0.15) is 0 Å². The molecule has 0 aromatic rings. The Bertz CT molecular complexity index is 116. The highest BCUT2D eigenvalue weighted by atomic mass is 16.6.